The summed E-state index contributed by atoms with van der Waals surface area (Å²) in [5, 5.41) is 4.64. The molecule has 0 unspecified atom stereocenters. The van der Waals surface area contributed by atoms with Gasteiger partial charge in [-0.15, -0.1) is 4.52 Å². The molecule has 0 saturated heterocycles. The minimum absolute atomic E-state index is 0.251. The van der Waals surface area contributed by atoms with Gasteiger partial charge in [0.2, 0.25) is 5.52 Å². The zero-order chi connectivity index (χ0) is 24.8. The highest BCUT2D eigenvalue weighted by molar-refractivity contribution is 7.99. The smallest absolute Gasteiger partial charge is 0.202 e. The lowest BCUT2D eigenvalue weighted by Crippen LogP contribution is -2.28. The third-order valence-corrected chi connectivity index (χ3v) is 7.55. The second kappa shape index (κ2) is 8.88. The maximum absolute atomic E-state index is 14.0. The summed E-state index contributed by atoms with van der Waals surface area (Å²) in [6.45, 7) is 4.25. The van der Waals surface area contributed by atoms with Crippen molar-refractivity contribution < 1.29 is 13.6 Å². The van der Waals surface area contributed by atoms with Crippen molar-refractivity contribution >= 4 is 22.8 Å². The zero-order valence-corrected chi connectivity index (χ0v) is 21.1. The van der Waals surface area contributed by atoms with Crippen LogP contribution < -0.4 is 9.25 Å². The highest BCUT2D eigenvalue weighted by atomic mass is 32.2. The van der Waals surface area contributed by atoms with E-state index in [1.165, 1.54) is 23.3 Å². The molecule has 0 bridgehead atoms. The molecule has 36 heavy (non-hydrogen) atoms. The molecule has 0 aliphatic carbocycles. The van der Waals surface area contributed by atoms with Crippen LogP contribution in [0.15, 0.2) is 101 Å². The molecule has 2 heterocycles. The molecule has 0 aliphatic heterocycles. The Morgan fingerprint density at radius 2 is 1.64 bits per heavy atom. The van der Waals surface area contributed by atoms with Gasteiger partial charge in [0.15, 0.2) is 16.2 Å². The van der Waals surface area contributed by atoms with Crippen LogP contribution in [-0.4, -0.2) is 16.8 Å². The van der Waals surface area contributed by atoms with Gasteiger partial charge in [0.1, 0.15) is 11.6 Å². The fourth-order valence-corrected chi connectivity index (χ4v) is 5.69. The van der Waals surface area contributed by atoms with Crippen LogP contribution in [-0.2, 0) is 0 Å². The van der Waals surface area contributed by atoms with E-state index in [1.807, 2.05) is 36.4 Å². The van der Waals surface area contributed by atoms with Crippen LogP contribution in [0, 0.1) is 19.7 Å². The van der Waals surface area contributed by atoms with Crippen molar-refractivity contribution in [3.05, 3.63) is 108 Å². The lowest BCUT2D eigenvalue weighted by molar-refractivity contribution is -0.585. The van der Waals surface area contributed by atoms with Gasteiger partial charge >= 0.3 is 0 Å². The van der Waals surface area contributed by atoms with E-state index in [-0.39, 0.29) is 5.82 Å². The third-order valence-electron chi connectivity index (χ3n) is 6.47. The Morgan fingerprint density at radius 1 is 0.889 bits per heavy atom. The fourth-order valence-electron chi connectivity index (χ4n) is 4.67. The topological polar surface area (TPSA) is 33.5 Å². The molecule has 178 valence electrons. The summed E-state index contributed by atoms with van der Waals surface area (Å²) >= 11 is 1.69. The quantitative estimate of drug-likeness (QED) is 0.256. The van der Waals surface area contributed by atoms with Crippen LogP contribution in [0.3, 0.4) is 0 Å². The number of ether oxygens (including phenoxy) is 1. The molecule has 0 atom stereocenters. The zero-order valence-electron chi connectivity index (χ0n) is 20.2. The standard InChI is InChI=1S/C30H25FN3OS/c1-19-8-9-20(2)25(18-19)28-29(21-10-12-22(31)13-11-21)33-27-7-5-4-6-26(27)32-34(33)30(28)36-24-16-14-23(35-3)15-17-24/h4-18,32H,1-3H3/q+1. The molecule has 1 N–H and O–H groups in total. The number of para-hydroxylation sites is 2. The van der Waals surface area contributed by atoms with Gasteiger partial charge in [-0.3, -0.25) is 0 Å². The molecule has 0 radical (unpaired) electrons. The predicted octanol–water partition coefficient (Wildman–Crippen LogP) is 7.26. The van der Waals surface area contributed by atoms with Crippen molar-refractivity contribution in [1.29, 1.82) is 0 Å². The van der Waals surface area contributed by atoms with E-state index in [1.54, 1.807) is 18.9 Å². The molecule has 0 saturated carbocycles. The fraction of sp³-hybridized carbons (Fsp3) is 0.100. The number of aromatic amines is 1. The summed E-state index contributed by atoms with van der Waals surface area (Å²) < 4.78 is 23.6. The Morgan fingerprint density at radius 3 is 2.39 bits per heavy atom. The largest absolute Gasteiger partial charge is 0.497 e. The van der Waals surface area contributed by atoms with Crippen LogP contribution in [0.2, 0.25) is 0 Å². The van der Waals surface area contributed by atoms with E-state index in [2.05, 4.69) is 70.6 Å². The first-order chi connectivity index (χ1) is 17.5. The molecule has 4 aromatic carbocycles. The number of methoxy groups -OCH3 is 1. The number of aromatic nitrogens is 3. The highest BCUT2D eigenvalue weighted by Crippen LogP contribution is 2.43. The molecule has 4 nitrogen and oxygen atoms in total. The number of hydrogen-bond donors (Lipinski definition) is 1. The second-order valence-corrected chi connectivity index (χ2v) is 9.95. The van der Waals surface area contributed by atoms with Crippen molar-refractivity contribution in [1.82, 2.24) is 9.73 Å². The molecule has 0 fully saturated rings. The van der Waals surface area contributed by atoms with E-state index in [9.17, 15) is 4.39 Å². The molecule has 6 heteroatoms. The third kappa shape index (κ3) is 3.74. The first-order valence-corrected chi connectivity index (χ1v) is 12.6. The summed E-state index contributed by atoms with van der Waals surface area (Å²) in [5.74, 6) is 0.570. The number of benzene rings is 4. The number of nitrogens with zero attached hydrogens (tertiary/aromatic N) is 2. The number of nitrogens with one attached hydrogen (secondary N) is 1. The van der Waals surface area contributed by atoms with Crippen molar-refractivity contribution in [3.8, 4) is 28.1 Å². The minimum Gasteiger partial charge on any atom is -0.497 e. The average Bonchev–Trinajstić information content (AvgIpc) is 3.41. The van der Waals surface area contributed by atoms with E-state index in [0.717, 1.165) is 49.1 Å². The van der Waals surface area contributed by atoms with Gasteiger partial charge in [-0.2, -0.15) is 5.10 Å². The highest BCUT2D eigenvalue weighted by Gasteiger charge is 2.31. The molecular formula is C30H25FN3OS+. The Labute approximate surface area is 212 Å². The van der Waals surface area contributed by atoms with E-state index >= 15 is 0 Å². The lowest BCUT2D eigenvalue weighted by atomic mass is 9.96. The monoisotopic (exact) mass is 494 g/mol. The summed E-state index contributed by atoms with van der Waals surface area (Å²) in [5.41, 5.74) is 8.64. The predicted molar refractivity (Wildman–Crippen MR) is 142 cm³/mol. The molecular weight excluding hydrogens is 469 g/mol. The molecule has 6 aromatic rings. The molecule has 0 aliphatic rings. The Bertz CT molecular complexity index is 1720. The van der Waals surface area contributed by atoms with Gasteiger partial charge in [-0.05, 0) is 90.3 Å². The van der Waals surface area contributed by atoms with Gasteiger partial charge in [-0.25, -0.2) is 4.39 Å². The van der Waals surface area contributed by atoms with Gasteiger partial charge < -0.3 is 4.74 Å². The number of halogens is 1. The number of fused-ring (bicyclic) bond motifs is 3. The molecule has 6 rings (SSSR count). The summed E-state index contributed by atoms with van der Waals surface area (Å²) in [6, 6.07) is 29.6. The first-order valence-electron chi connectivity index (χ1n) is 11.8. The van der Waals surface area contributed by atoms with E-state index in [0.29, 0.717) is 0 Å². The lowest BCUT2D eigenvalue weighted by Gasteiger charge is -2.10. The Balaban J connectivity index is 1.73. The number of H-pyrrole nitrogens is 1. The van der Waals surface area contributed by atoms with Crippen LogP contribution in [0.25, 0.3) is 33.4 Å². The van der Waals surface area contributed by atoms with E-state index < -0.39 is 0 Å². The van der Waals surface area contributed by atoms with Crippen LogP contribution in [0.1, 0.15) is 11.1 Å². The molecule has 0 spiro atoms. The van der Waals surface area contributed by atoms with Gasteiger partial charge in [0.05, 0.1) is 12.7 Å². The van der Waals surface area contributed by atoms with Crippen LogP contribution in [0.4, 0.5) is 4.39 Å². The Kier molecular flexibility index (Phi) is 5.53. The number of hydrogen-bond acceptors (Lipinski definition) is 2. The Hall–Kier alpha value is -4.03. The maximum atomic E-state index is 14.0. The van der Waals surface area contributed by atoms with Crippen LogP contribution in [0.5, 0.6) is 5.75 Å². The second-order valence-electron chi connectivity index (χ2n) is 8.88. The van der Waals surface area contributed by atoms with Crippen LogP contribution >= 0.6 is 11.8 Å². The van der Waals surface area contributed by atoms with Crippen molar-refractivity contribution in [2.75, 3.05) is 7.11 Å². The number of rotatable bonds is 5. The SMILES string of the molecule is COc1ccc(Sc2c(-c3cc(C)ccc3C)c(-c3ccc(F)cc3)[n+]3c4ccccc4[nH]n23)cc1. The minimum atomic E-state index is -0.251. The van der Waals surface area contributed by atoms with Crippen molar-refractivity contribution in [3.63, 3.8) is 0 Å². The first kappa shape index (κ1) is 22.4. The van der Waals surface area contributed by atoms with E-state index in [4.69, 9.17) is 4.74 Å². The summed E-state index contributed by atoms with van der Waals surface area (Å²) in [7, 11) is 1.67. The van der Waals surface area contributed by atoms with Crippen molar-refractivity contribution in [2.24, 2.45) is 0 Å². The average molecular weight is 495 g/mol. The van der Waals surface area contributed by atoms with Crippen molar-refractivity contribution in [2.45, 2.75) is 23.8 Å². The normalized spacial score (nSPS) is 11.4. The van der Waals surface area contributed by atoms with Gasteiger partial charge in [-0.1, -0.05) is 47.7 Å². The summed E-state index contributed by atoms with van der Waals surface area (Å²) in [4.78, 5) is 1.09. The van der Waals surface area contributed by atoms with Gasteiger partial charge in [0.25, 0.3) is 0 Å². The summed E-state index contributed by atoms with van der Waals surface area (Å²) in [6.07, 6.45) is 0. The number of aryl methyl sites for hydroxylation is 2. The molecule has 0 amide bonds. The van der Waals surface area contributed by atoms with Gasteiger partial charge in [0, 0.05) is 10.5 Å². The molecule has 2 aromatic heterocycles. The maximum Gasteiger partial charge on any atom is 0.202 e.